The second-order valence-corrected chi connectivity index (χ2v) is 6.87. The van der Waals surface area contributed by atoms with Crippen molar-refractivity contribution in [3.05, 3.63) is 18.3 Å². The summed E-state index contributed by atoms with van der Waals surface area (Å²) in [6.07, 6.45) is 4.19. The lowest BCUT2D eigenvalue weighted by Crippen LogP contribution is -2.27. The summed E-state index contributed by atoms with van der Waals surface area (Å²) in [5.41, 5.74) is 0.556. The number of anilines is 1. The Hall–Kier alpha value is -1.18. The van der Waals surface area contributed by atoms with Gasteiger partial charge in [0.25, 0.3) is 10.0 Å². The van der Waals surface area contributed by atoms with Crippen molar-refractivity contribution in [2.45, 2.75) is 31.2 Å². The maximum absolute atomic E-state index is 12.3. The van der Waals surface area contributed by atoms with E-state index in [1.54, 1.807) is 12.1 Å². The van der Waals surface area contributed by atoms with Crippen molar-refractivity contribution >= 4 is 15.7 Å². The number of aromatic nitrogens is 1. The van der Waals surface area contributed by atoms with E-state index in [-0.39, 0.29) is 5.03 Å². The standard InChI is InChI=1S/C14H26N4O2S/c1-4-9-15-13-8-7-10-16-14(13)21(19,20)17-11-5-6-12-18(2)3/h7-8,10,15,17H,4-6,9,11-12H2,1-3H3. The molecule has 0 saturated heterocycles. The summed E-state index contributed by atoms with van der Waals surface area (Å²) in [7, 11) is 0.448. The van der Waals surface area contributed by atoms with Crippen molar-refractivity contribution in [3.8, 4) is 0 Å². The van der Waals surface area contributed by atoms with Crippen LogP contribution in [0.15, 0.2) is 23.4 Å². The highest BCUT2D eigenvalue weighted by molar-refractivity contribution is 7.89. The summed E-state index contributed by atoms with van der Waals surface area (Å²) in [4.78, 5) is 6.09. The quantitative estimate of drug-likeness (QED) is 0.641. The van der Waals surface area contributed by atoms with Gasteiger partial charge in [-0.05, 0) is 52.0 Å². The molecule has 0 atom stereocenters. The molecule has 120 valence electrons. The Balaban J connectivity index is 2.61. The lowest BCUT2D eigenvalue weighted by atomic mass is 10.3. The van der Waals surface area contributed by atoms with Gasteiger partial charge >= 0.3 is 0 Å². The minimum atomic E-state index is -3.56. The molecule has 0 aromatic carbocycles. The highest BCUT2D eigenvalue weighted by atomic mass is 32.2. The van der Waals surface area contributed by atoms with Crippen LogP contribution in [0.1, 0.15) is 26.2 Å². The molecule has 1 aromatic rings. The van der Waals surface area contributed by atoms with E-state index in [1.165, 1.54) is 6.20 Å². The molecule has 21 heavy (non-hydrogen) atoms. The minimum Gasteiger partial charge on any atom is -0.383 e. The van der Waals surface area contributed by atoms with Crippen molar-refractivity contribution in [1.29, 1.82) is 0 Å². The van der Waals surface area contributed by atoms with E-state index in [0.717, 1.165) is 32.4 Å². The molecular formula is C14H26N4O2S. The zero-order chi connectivity index (χ0) is 15.7. The number of unbranched alkanes of at least 4 members (excludes halogenated alkanes) is 1. The van der Waals surface area contributed by atoms with Crippen molar-refractivity contribution in [2.75, 3.05) is 39.0 Å². The van der Waals surface area contributed by atoms with Gasteiger partial charge in [0, 0.05) is 19.3 Å². The second-order valence-electron chi connectivity index (χ2n) is 5.19. The van der Waals surface area contributed by atoms with Gasteiger partial charge in [-0.1, -0.05) is 6.92 Å². The number of hydrogen-bond acceptors (Lipinski definition) is 5. The molecular weight excluding hydrogens is 288 g/mol. The predicted octanol–water partition coefficient (Wildman–Crippen LogP) is 1.52. The van der Waals surface area contributed by atoms with Crippen LogP contribution >= 0.6 is 0 Å². The summed E-state index contributed by atoms with van der Waals surface area (Å²) in [6.45, 7) is 4.13. The summed E-state index contributed by atoms with van der Waals surface area (Å²) in [5.74, 6) is 0. The number of hydrogen-bond donors (Lipinski definition) is 2. The van der Waals surface area contributed by atoms with Crippen LogP contribution < -0.4 is 10.0 Å². The fourth-order valence-corrected chi connectivity index (χ4v) is 3.01. The first-order valence-electron chi connectivity index (χ1n) is 7.30. The fraction of sp³-hybridized carbons (Fsp3) is 0.643. The third-order valence-electron chi connectivity index (χ3n) is 2.92. The Morgan fingerprint density at radius 2 is 2.00 bits per heavy atom. The molecule has 1 aromatic heterocycles. The van der Waals surface area contributed by atoms with E-state index in [0.29, 0.717) is 12.2 Å². The van der Waals surface area contributed by atoms with Gasteiger partial charge in [-0.3, -0.25) is 0 Å². The van der Waals surface area contributed by atoms with E-state index in [2.05, 4.69) is 19.9 Å². The molecule has 0 unspecified atom stereocenters. The molecule has 1 rings (SSSR count). The van der Waals surface area contributed by atoms with Crippen molar-refractivity contribution < 1.29 is 8.42 Å². The van der Waals surface area contributed by atoms with Crippen molar-refractivity contribution in [2.24, 2.45) is 0 Å². The third-order valence-corrected chi connectivity index (χ3v) is 4.33. The molecule has 0 saturated carbocycles. The molecule has 7 heteroatoms. The van der Waals surface area contributed by atoms with Gasteiger partial charge in [-0.15, -0.1) is 0 Å². The van der Waals surface area contributed by atoms with Gasteiger partial charge in [-0.2, -0.15) is 0 Å². The number of sulfonamides is 1. The molecule has 6 nitrogen and oxygen atoms in total. The Labute approximate surface area is 128 Å². The Bertz CT molecular complexity index is 517. The summed E-state index contributed by atoms with van der Waals surface area (Å²) < 4.78 is 27.2. The van der Waals surface area contributed by atoms with Gasteiger partial charge < -0.3 is 10.2 Å². The summed E-state index contributed by atoms with van der Waals surface area (Å²) in [5, 5.41) is 3.17. The maximum atomic E-state index is 12.3. The Morgan fingerprint density at radius 1 is 1.24 bits per heavy atom. The largest absolute Gasteiger partial charge is 0.383 e. The van der Waals surface area contributed by atoms with E-state index in [4.69, 9.17) is 0 Å². The average molecular weight is 314 g/mol. The zero-order valence-electron chi connectivity index (χ0n) is 13.1. The van der Waals surface area contributed by atoms with Crippen LogP contribution in [-0.4, -0.2) is 52.0 Å². The smallest absolute Gasteiger partial charge is 0.260 e. The molecule has 0 radical (unpaired) electrons. The summed E-state index contributed by atoms with van der Waals surface area (Å²) in [6, 6.07) is 3.47. The summed E-state index contributed by atoms with van der Waals surface area (Å²) >= 11 is 0. The fourth-order valence-electron chi connectivity index (χ4n) is 1.83. The molecule has 0 aliphatic rings. The third kappa shape index (κ3) is 6.41. The number of nitrogens with zero attached hydrogens (tertiary/aromatic N) is 2. The first kappa shape index (κ1) is 17.9. The molecule has 0 aliphatic heterocycles. The highest BCUT2D eigenvalue weighted by Crippen LogP contribution is 2.17. The van der Waals surface area contributed by atoms with Crippen LogP contribution in [-0.2, 0) is 10.0 Å². The predicted molar refractivity (Wildman–Crippen MR) is 86.0 cm³/mol. The lowest BCUT2D eigenvalue weighted by Gasteiger charge is -2.12. The van der Waals surface area contributed by atoms with E-state index in [1.807, 2.05) is 21.0 Å². The Morgan fingerprint density at radius 3 is 2.67 bits per heavy atom. The zero-order valence-corrected chi connectivity index (χ0v) is 13.9. The van der Waals surface area contributed by atoms with Crippen molar-refractivity contribution in [1.82, 2.24) is 14.6 Å². The van der Waals surface area contributed by atoms with Crippen LogP contribution in [0.4, 0.5) is 5.69 Å². The molecule has 0 fully saturated rings. The number of rotatable bonds is 10. The maximum Gasteiger partial charge on any atom is 0.260 e. The van der Waals surface area contributed by atoms with Gasteiger partial charge in [0.05, 0.1) is 5.69 Å². The van der Waals surface area contributed by atoms with Crippen LogP contribution in [0.3, 0.4) is 0 Å². The highest BCUT2D eigenvalue weighted by Gasteiger charge is 2.19. The topological polar surface area (TPSA) is 74.3 Å². The molecule has 0 aliphatic carbocycles. The monoisotopic (exact) mass is 314 g/mol. The van der Waals surface area contributed by atoms with Crippen LogP contribution in [0.25, 0.3) is 0 Å². The van der Waals surface area contributed by atoms with Crippen molar-refractivity contribution in [3.63, 3.8) is 0 Å². The first-order chi connectivity index (χ1) is 9.97. The lowest BCUT2D eigenvalue weighted by molar-refractivity contribution is 0.394. The van der Waals surface area contributed by atoms with Gasteiger partial charge in [0.15, 0.2) is 5.03 Å². The normalized spacial score (nSPS) is 11.8. The van der Waals surface area contributed by atoms with Crippen LogP contribution in [0.2, 0.25) is 0 Å². The number of nitrogens with one attached hydrogen (secondary N) is 2. The van der Waals surface area contributed by atoms with E-state index < -0.39 is 10.0 Å². The first-order valence-corrected chi connectivity index (χ1v) is 8.79. The minimum absolute atomic E-state index is 0.0751. The van der Waals surface area contributed by atoms with Gasteiger partial charge in [-0.25, -0.2) is 18.1 Å². The molecule has 1 heterocycles. The van der Waals surface area contributed by atoms with E-state index >= 15 is 0 Å². The molecule has 0 amide bonds. The van der Waals surface area contributed by atoms with Crippen LogP contribution in [0.5, 0.6) is 0 Å². The molecule has 0 bridgehead atoms. The van der Waals surface area contributed by atoms with Gasteiger partial charge in [0.1, 0.15) is 0 Å². The molecule has 2 N–H and O–H groups in total. The van der Waals surface area contributed by atoms with Crippen LogP contribution in [0, 0.1) is 0 Å². The SMILES string of the molecule is CCCNc1cccnc1S(=O)(=O)NCCCCN(C)C. The average Bonchev–Trinajstić information content (AvgIpc) is 2.44. The number of pyridine rings is 1. The Kier molecular flexibility index (Phi) is 7.63. The van der Waals surface area contributed by atoms with E-state index in [9.17, 15) is 8.42 Å². The second kappa shape index (κ2) is 8.96. The van der Waals surface area contributed by atoms with Gasteiger partial charge in [0.2, 0.25) is 0 Å². The molecule has 0 spiro atoms.